The summed E-state index contributed by atoms with van der Waals surface area (Å²) in [6.07, 6.45) is -0.836. The largest absolute Gasteiger partial charge is 0.415 e. The quantitative estimate of drug-likeness (QED) is 0.275. The SMILES string of the molecule is CCN(CC)C(=O)Oc1ccc2ccccc2c1-c1c(OC(=O)N(CC)CC)ccc2ccccc12. The molecule has 0 N–H and O–H groups in total. The fraction of sp³-hybridized carbons (Fsp3) is 0.267. The summed E-state index contributed by atoms with van der Waals surface area (Å²) in [5.41, 5.74) is 1.43. The van der Waals surface area contributed by atoms with Crippen molar-refractivity contribution in [3.05, 3.63) is 72.8 Å². The number of fused-ring (bicyclic) bond motifs is 2. The van der Waals surface area contributed by atoms with E-state index < -0.39 is 12.2 Å². The summed E-state index contributed by atoms with van der Waals surface area (Å²) in [7, 11) is 0. The molecule has 0 aliphatic carbocycles. The highest BCUT2D eigenvalue weighted by Crippen LogP contribution is 2.45. The molecule has 0 unspecified atom stereocenters. The maximum Gasteiger partial charge on any atom is 0.415 e. The average Bonchev–Trinajstić information content (AvgIpc) is 2.90. The van der Waals surface area contributed by atoms with Gasteiger partial charge in [-0.3, -0.25) is 0 Å². The Balaban J connectivity index is 1.99. The molecular formula is C30H32N2O4. The molecule has 36 heavy (non-hydrogen) atoms. The zero-order valence-corrected chi connectivity index (χ0v) is 21.3. The number of carbonyl (C=O) groups excluding carboxylic acids is 2. The molecule has 0 aliphatic rings. The van der Waals surface area contributed by atoms with Gasteiger partial charge in [-0.1, -0.05) is 60.7 Å². The Hall–Kier alpha value is -4.06. The van der Waals surface area contributed by atoms with Gasteiger partial charge in [-0.25, -0.2) is 9.59 Å². The second-order valence-electron chi connectivity index (χ2n) is 8.40. The van der Waals surface area contributed by atoms with Gasteiger partial charge in [-0.05, 0) is 61.4 Å². The molecule has 0 spiro atoms. The van der Waals surface area contributed by atoms with Gasteiger partial charge < -0.3 is 19.3 Å². The van der Waals surface area contributed by atoms with Gasteiger partial charge in [0.15, 0.2) is 0 Å². The predicted octanol–water partition coefficient (Wildman–Crippen LogP) is 7.34. The number of nitrogens with zero attached hydrogens (tertiary/aromatic N) is 2. The van der Waals surface area contributed by atoms with E-state index in [2.05, 4.69) is 0 Å². The Morgan fingerprint density at radius 1 is 0.556 bits per heavy atom. The lowest BCUT2D eigenvalue weighted by atomic mass is 9.92. The third-order valence-electron chi connectivity index (χ3n) is 6.47. The van der Waals surface area contributed by atoms with Crippen molar-refractivity contribution in [2.45, 2.75) is 27.7 Å². The topological polar surface area (TPSA) is 59.1 Å². The second kappa shape index (κ2) is 11.1. The molecule has 0 aromatic heterocycles. The van der Waals surface area contributed by atoms with Gasteiger partial charge in [0.1, 0.15) is 11.5 Å². The van der Waals surface area contributed by atoms with Crippen LogP contribution in [0.4, 0.5) is 9.59 Å². The average molecular weight is 485 g/mol. The predicted molar refractivity (Wildman–Crippen MR) is 145 cm³/mol. The molecule has 186 valence electrons. The van der Waals surface area contributed by atoms with Crippen LogP contribution in [0.3, 0.4) is 0 Å². The van der Waals surface area contributed by atoms with Gasteiger partial charge in [0.2, 0.25) is 0 Å². The van der Waals surface area contributed by atoms with E-state index in [4.69, 9.17) is 9.47 Å². The number of ether oxygens (including phenoxy) is 2. The highest BCUT2D eigenvalue weighted by atomic mass is 16.6. The van der Waals surface area contributed by atoms with Crippen LogP contribution in [-0.4, -0.2) is 48.2 Å². The van der Waals surface area contributed by atoms with Crippen LogP contribution < -0.4 is 9.47 Å². The van der Waals surface area contributed by atoms with Crippen LogP contribution in [0.15, 0.2) is 72.8 Å². The number of hydrogen-bond acceptors (Lipinski definition) is 4. The van der Waals surface area contributed by atoms with E-state index >= 15 is 0 Å². The zero-order valence-electron chi connectivity index (χ0n) is 21.3. The summed E-state index contributed by atoms with van der Waals surface area (Å²) in [6, 6.07) is 23.4. The number of rotatable bonds is 7. The summed E-state index contributed by atoms with van der Waals surface area (Å²) in [6.45, 7) is 9.84. The van der Waals surface area contributed by atoms with E-state index in [1.807, 2.05) is 100 Å². The summed E-state index contributed by atoms with van der Waals surface area (Å²) in [5, 5.41) is 3.78. The lowest BCUT2D eigenvalue weighted by Crippen LogP contribution is -2.33. The maximum atomic E-state index is 13.0. The number of carbonyl (C=O) groups is 2. The first-order valence-electron chi connectivity index (χ1n) is 12.5. The van der Waals surface area contributed by atoms with E-state index in [9.17, 15) is 9.59 Å². The van der Waals surface area contributed by atoms with Crippen LogP contribution in [0.2, 0.25) is 0 Å². The first kappa shape index (κ1) is 25.0. The maximum absolute atomic E-state index is 13.0. The molecule has 6 nitrogen and oxygen atoms in total. The molecule has 6 heteroatoms. The fourth-order valence-corrected chi connectivity index (χ4v) is 4.47. The van der Waals surface area contributed by atoms with E-state index in [0.717, 1.165) is 21.5 Å². The monoisotopic (exact) mass is 484 g/mol. The van der Waals surface area contributed by atoms with Crippen LogP contribution in [0.5, 0.6) is 11.5 Å². The van der Waals surface area contributed by atoms with Gasteiger partial charge in [0.05, 0.1) is 0 Å². The summed E-state index contributed by atoms with van der Waals surface area (Å²) >= 11 is 0. The van der Waals surface area contributed by atoms with Gasteiger partial charge in [-0.2, -0.15) is 0 Å². The van der Waals surface area contributed by atoms with E-state index in [0.29, 0.717) is 48.8 Å². The molecule has 0 bridgehead atoms. The Labute approximate surface area is 212 Å². The highest BCUT2D eigenvalue weighted by molar-refractivity contribution is 6.10. The highest BCUT2D eigenvalue weighted by Gasteiger charge is 2.24. The van der Waals surface area contributed by atoms with Crippen molar-refractivity contribution in [2.24, 2.45) is 0 Å². The van der Waals surface area contributed by atoms with Crippen molar-refractivity contribution in [3.63, 3.8) is 0 Å². The Morgan fingerprint density at radius 3 is 1.28 bits per heavy atom. The summed E-state index contributed by atoms with van der Waals surface area (Å²) in [5.74, 6) is 0.837. The third-order valence-corrected chi connectivity index (χ3v) is 6.47. The van der Waals surface area contributed by atoms with Crippen LogP contribution in [0, 0.1) is 0 Å². The first-order valence-corrected chi connectivity index (χ1v) is 12.5. The first-order chi connectivity index (χ1) is 17.5. The molecule has 0 radical (unpaired) electrons. The van der Waals surface area contributed by atoms with Gasteiger partial charge in [0.25, 0.3) is 0 Å². The smallest absolute Gasteiger partial charge is 0.410 e. The Morgan fingerprint density at radius 2 is 0.917 bits per heavy atom. The third kappa shape index (κ3) is 4.85. The number of hydrogen-bond donors (Lipinski definition) is 0. The van der Waals surface area contributed by atoms with Crippen LogP contribution in [0.25, 0.3) is 32.7 Å². The standard InChI is InChI=1S/C30H32N2O4/c1-5-31(6-2)29(33)35-25-19-17-21-13-9-11-15-23(21)27(25)28-24-16-12-10-14-22(24)18-20-26(28)36-30(34)32(7-3)8-4/h9-20H,5-8H2,1-4H3. The van der Waals surface area contributed by atoms with E-state index in [-0.39, 0.29) is 0 Å². The van der Waals surface area contributed by atoms with Crippen molar-refractivity contribution >= 4 is 33.7 Å². The van der Waals surface area contributed by atoms with E-state index in [1.165, 1.54) is 0 Å². The molecule has 0 heterocycles. The van der Waals surface area contributed by atoms with Gasteiger partial charge in [0, 0.05) is 37.3 Å². The van der Waals surface area contributed by atoms with Crippen molar-refractivity contribution in [2.75, 3.05) is 26.2 Å². The van der Waals surface area contributed by atoms with Crippen molar-refractivity contribution in [1.82, 2.24) is 9.80 Å². The number of amides is 2. The van der Waals surface area contributed by atoms with Crippen LogP contribution >= 0.6 is 0 Å². The minimum Gasteiger partial charge on any atom is -0.410 e. The second-order valence-corrected chi connectivity index (χ2v) is 8.40. The lowest BCUT2D eigenvalue weighted by Gasteiger charge is -2.23. The lowest BCUT2D eigenvalue weighted by molar-refractivity contribution is 0.156. The molecule has 2 amide bonds. The minimum atomic E-state index is -0.418. The van der Waals surface area contributed by atoms with Gasteiger partial charge >= 0.3 is 12.2 Å². The normalized spacial score (nSPS) is 10.9. The minimum absolute atomic E-state index is 0.418. The van der Waals surface area contributed by atoms with E-state index in [1.54, 1.807) is 9.80 Å². The molecule has 0 fully saturated rings. The molecule has 0 atom stereocenters. The molecule has 4 aromatic rings. The van der Waals surface area contributed by atoms with Gasteiger partial charge in [-0.15, -0.1) is 0 Å². The molecule has 0 aliphatic heterocycles. The Bertz CT molecular complexity index is 1280. The van der Waals surface area contributed by atoms with Crippen molar-refractivity contribution in [1.29, 1.82) is 0 Å². The molecule has 0 saturated carbocycles. The van der Waals surface area contributed by atoms with Crippen molar-refractivity contribution in [3.8, 4) is 22.6 Å². The Kier molecular flexibility index (Phi) is 7.74. The molecular weight excluding hydrogens is 452 g/mol. The zero-order chi connectivity index (χ0) is 25.7. The summed E-state index contributed by atoms with van der Waals surface area (Å²) < 4.78 is 12.0. The molecule has 4 aromatic carbocycles. The van der Waals surface area contributed by atoms with Crippen LogP contribution in [-0.2, 0) is 0 Å². The molecule has 4 rings (SSSR count). The summed E-state index contributed by atoms with van der Waals surface area (Å²) in [4.78, 5) is 29.3. The number of benzene rings is 4. The molecule has 0 saturated heterocycles. The van der Waals surface area contributed by atoms with Crippen LogP contribution in [0.1, 0.15) is 27.7 Å². The fourth-order valence-electron chi connectivity index (χ4n) is 4.47. The van der Waals surface area contributed by atoms with Crippen molar-refractivity contribution < 1.29 is 19.1 Å².